The molecule has 1 unspecified atom stereocenters. The lowest BCUT2D eigenvalue weighted by atomic mass is 9.98. The Morgan fingerprint density at radius 2 is 1.95 bits per heavy atom. The first-order valence-corrected chi connectivity index (χ1v) is 6.64. The minimum atomic E-state index is 0.146. The molecule has 0 aliphatic heterocycles. The number of aryl methyl sites for hydroxylation is 3. The molecule has 3 N–H and O–H groups in total. The van der Waals surface area contributed by atoms with Gasteiger partial charge in [-0.2, -0.15) is 0 Å². The van der Waals surface area contributed by atoms with E-state index in [0.29, 0.717) is 0 Å². The number of rotatable bonds is 5. The van der Waals surface area contributed by atoms with E-state index in [-0.39, 0.29) is 6.04 Å². The lowest BCUT2D eigenvalue weighted by molar-refractivity contribution is 0.514. The second-order valence-corrected chi connectivity index (χ2v) is 4.92. The standard InChI is InChI=1S/C16H21N3/c1-12-5-3-4-6-14(12)9-10-16(19-17)15-8-7-13(2)18-11-15/h3-8,11,16,19H,9-10,17H2,1-2H3. The first kappa shape index (κ1) is 13.7. The number of nitrogens with two attached hydrogens (primary N) is 1. The molecule has 0 saturated carbocycles. The van der Waals surface area contributed by atoms with E-state index in [0.717, 1.165) is 24.1 Å². The van der Waals surface area contributed by atoms with Crippen LogP contribution in [0.5, 0.6) is 0 Å². The van der Waals surface area contributed by atoms with Gasteiger partial charge in [-0.25, -0.2) is 0 Å². The summed E-state index contributed by atoms with van der Waals surface area (Å²) in [6.45, 7) is 4.13. The highest BCUT2D eigenvalue weighted by molar-refractivity contribution is 5.26. The molecule has 0 fully saturated rings. The summed E-state index contributed by atoms with van der Waals surface area (Å²) in [5, 5.41) is 0. The van der Waals surface area contributed by atoms with Crippen molar-refractivity contribution in [2.45, 2.75) is 32.7 Å². The Balaban J connectivity index is 2.04. The van der Waals surface area contributed by atoms with E-state index in [2.05, 4.69) is 47.7 Å². The fourth-order valence-electron chi connectivity index (χ4n) is 2.22. The van der Waals surface area contributed by atoms with Crippen molar-refractivity contribution >= 4 is 0 Å². The predicted molar refractivity (Wildman–Crippen MR) is 78.5 cm³/mol. The van der Waals surface area contributed by atoms with Crippen LogP contribution in [0.1, 0.15) is 34.8 Å². The van der Waals surface area contributed by atoms with Crippen LogP contribution in [-0.2, 0) is 6.42 Å². The molecule has 1 aromatic heterocycles. The summed E-state index contributed by atoms with van der Waals surface area (Å²) >= 11 is 0. The van der Waals surface area contributed by atoms with Gasteiger partial charge in [-0.15, -0.1) is 0 Å². The molecule has 3 heteroatoms. The number of aromatic nitrogens is 1. The first-order valence-electron chi connectivity index (χ1n) is 6.64. The van der Waals surface area contributed by atoms with Gasteiger partial charge in [0.25, 0.3) is 0 Å². The molecule has 0 spiro atoms. The average Bonchev–Trinajstić information content (AvgIpc) is 2.43. The Morgan fingerprint density at radius 1 is 1.16 bits per heavy atom. The second kappa shape index (κ2) is 6.45. The maximum absolute atomic E-state index is 5.67. The van der Waals surface area contributed by atoms with Crippen molar-refractivity contribution in [3.8, 4) is 0 Å². The number of nitrogens with one attached hydrogen (secondary N) is 1. The summed E-state index contributed by atoms with van der Waals surface area (Å²) in [6, 6.07) is 12.7. The van der Waals surface area contributed by atoms with Gasteiger partial charge < -0.3 is 0 Å². The minimum Gasteiger partial charge on any atom is -0.271 e. The molecule has 1 aromatic carbocycles. The molecule has 0 bridgehead atoms. The van der Waals surface area contributed by atoms with Gasteiger partial charge in [0.15, 0.2) is 0 Å². The summed E-state index contributed by atoms with van der Waals surface area (Å²) in [6.07, 6.45) is 3.87. The number of benzene rings is 1. The van der Waals surface area contributed by atoms with Gasteiger partial charge in [0.1, 0.15) is 0 Å². The van der Waals surface area contributed by atoms with Gasteiger partial charge in [0.05, 0.1) is 0 Å². The average molecular weight is 255 g/mol. The Hall–Kier alpha value is -1.71. The molecule has 0 aliphatic rings. The molecule has 0 saturated heterocycles. The third-order valence-corrected chi connectivity index (χ3v) is 3.50. The van der Waals surface area contributed by atoms with Crippen molar-refractivity contribution in [1.29, 1.82) is 0 Å². The molecule has 100 valence electrons. The summed E-state index contributed by atoms with van der Waals surface area (Å²) < 4.78 is 0. The second-order valence-electron chi connectivity index (χ2n) is 4.92. The van der Waals surface area contributed by atoms with E-state index < -0.39 is 0 Å². The summed E-state index contributed by atoms with van der Waals surface area (Å²) in [7, 11) is 0. The smallest absolute Gasteiger partial charge is 0.0478 e. The zero-order valence-corrected chi connectivity index (χ0v) is 11.6. The van der Waals surface area contributed by atoms with Gasteiger partial charge in [0, 0.05) is 17.9 Å². The van der Waals surface area contributed by atoms with Crippen molar-refractivity contribution in [3.05, 3.63) is 65.0 Å². The van der Waals surface area contributed by atoms with E-state index >= 15 is 0 Å². The maximum atomic E-state index is 5.67. The summed E-state index contributed by atoms with van der Waals surface area (Å²) in [5.74, 6) is 5.67. The zero-order chi connectivity index (χ0) is 13.7. The first-order chi connectivity index (χ1) is 9.20. The Morgan fingerprint density at radius 3 is 2.58 bits per heavy atom. The molecule has 0 aliphatic carbocycles. The Bertz CT molecular complexity index is 520. The van der Waals surface area contributed by atoms with Crippen molar-refractivity contribution in [1.82, 2.24) is 10.4 Å². The van der Waals surface area contributed by atoms with Gasteiger partial charge in [-0.05, 0) is 49.4 Å². The molecule has 1 heterocycles. The van der Waals surface area contributed by atoms with E-state index in [1.165, 1.54) is 11.1 Å². The van der Waals surface area contributed by atoms with Crippen LogP contribution in [-0.4, -0.2) is 4.98 Å². The van der Waals surface area contributed by atoms with Crippen LogP contribution in [0.15, 0.2) is 42.6 Å². The quantitative estimate of drug-likeness (QED) is 0.638. The summed E-state index contributed by atoms with van der Waals surface area (Å²) in [4.78, 5) is 4.32. The van der Waals surface area contributed by atoms with Crippen LogP contribution in [0, 0.1) is 13.8 Å². The molecule has 1 atom stereocenters. The van der Waals surface area contributed by atoms with Crippen LogP contribution in [0.4, 0.5) is 0 Å². The highest BCUT2D eigenvalue weighted by Gasteiger charge is 2.10. The third kappa shape index (κ3) is 3.63. The van der Waals surface area contributed by atoms with E-state index in [1.807, 2.05) is 19.2 Å². The molecule has 3 nitrogen and oxygen atoms in total. The number of nitrogens with zero attached hydrogens (tertiary/aromatic N) is 1. The number of hydrazine groups is 1. The SMILES string of the molecule is Cc1ccc(C(CCc2ccccc2C)NN)cn1. The molecule has 19 heavy (non-hydrogen) atoms. The monoisotopic (exact) mass is 255 g/mol. The van der Waals surface area contributed by atoms with Crippen LogP contribution in [0.3, 0.4) is 0 Å². The zero-order valence-electron chi connectivity index (χ0n) is 11.6. The van der Waals surface area contributed by atoms with E-state index in [9.17, 15) is 0 Å². The van der Waals surface area contributed by atoms with Crippen molar-refractivity contribution in [2.75, 3.05) is 0 Å². The van der Waals surface area contributed by atoms with Gasteiger partial charge >= 0.3 is 0 Å². The van der Waals surface area contributed by atoms with Gasteiger partial charge in [-0.3, -0.25) is 16.3 Å². The highest BCUT2D eigenvalue weighted by Crippen LogP contribution is 2.19. The van der Waals surface area contributed by atoms with Crippen molar-refractivity contribution < 1.29 is 0 Å². The molecule has 2 rings (SSSR count). The lowest BCUT2D eigenvalue weighted by Crippen LogP contribution is -2.28. The number of hydrogen-bond acceptors (Lipinski definition) is 3. The Kier molecular flexibility index (Phi) is 4.66. The number of hydrogen-bond donors (Lipinski definition) is 2. The fourth-order valence-corrected chi connectivity index (χ4v) is 2.22. The molecule has 0 amide bonds. The van der Waals surface area contributed by atoms with Gasteiger partial charge in [0.2, 0.25) is 0 Å². The maximum Gasteiger partial charge on any atom is 0.0478 e. The normalized spacial score (nSPS) is 12.4. The van der Waals surface area contributed by atoms with Gasteiger partial charge in [-0.1, -0.05) is 30.3 Å². The van der Waals surface area contributed by atoms with Crippen LogP contribution < -0.4 is 11.3 Å². The van der Waals surface area contributed by atoms with Crippen molar-refractivity contribution in [2.24, 2.45) is 5.84 Å². The Labute approximate surface area is 114 Å². The minimum absolute atomic E-state index is 0.146. The topological polar surface area (TPSA) is 50.9 Å². The highest BCUT2D eigenvalue weighted by atomic mass is 15.2. The largest absolute Gasteiger partial charge is 0.271 e. The molecular formula is C16H21N3. The predicted octanol–water partition coefficient (Wildman–Crippen LogP) is 2.84. The molecular weight excluding hydrogens is 234 g/mol. The lowest BCUT2D eigenvalue weighted by Gasteiger charge is -2.16. The van der Waals surface area contributed by atoms with E-state index in [1.54, 1.807) is 0 Å². The van der Waals surface area contributed by atoms with Crippen LogP contribution in [0.25, 0.3) is 0 Å². The van der Waals surface area contributed by atoms with Crippen molar-refractivity contribution in [3.63, 3.8) is 0 Å². The molecule has 0 radical (unpaired) electrons. The van der Waals surface area contributed by atoms with Crippen LogP contribution in [0.2, 0.25) is 0 Å². The molecule has 2 aromatic rings. The number of pyridine rings is 1. The van der Waals surface area contributed by atoms with E-state index in [4.69, 9.17) is 5.84 Å². The third-order valence-electron chi connectivity index (χ3n) is 3.50. The fraction of sp³-hybridized carbons (Fsp3) is 0.312. The summed E-state index contributed by atoms with van der Waals surface area (Å²) in [5.41, 5.74) is 7.77. The van der Waals surface area contributed by atoms with Crippen LogP contribution >= 0.6 is 0 Å².